The molecule has 104 valence electrons. The van der Waals surface area contributed by atoms with Gasteiger partial charge in [0.2, 0.25) is 5.91 Å². The van der Waals surface area contributed by atoms with Crippen LogP contribution in [0, 0.1) is 0 Å². The average molecular weight is 270 g/mol. The summed E-state index contributed by atoms with van der Waals surface area (Å²) in [6.45, 7) is -0.458. The molecule has 0 aliphatic heterocycles. The molecule has 0 spiro atoms. The Morgan fingerprint density at radius 3 is 2.63 bits per heavy atom. The van der Waals surface area contributed by atoms with Gasteiger partial charge in [-0.25, -0.2) is 4.79 Å². The topological polar surface area (TPSA) is 143 Å². The molecule has 0 saturated carbocycles. The van der Waals surface area contributed by atoms with E-state index >= 15 is 0 Å². The first-order valence-corrected chi connectivity index (χ1v) is 5.36. The minimum Gasteiger partial charge on any atom is -0.480 e. The number of aromatic nitrogens is 3. The number of urea groups is 1. The van der Waals surface area contributed by atoms with Crippen molar-refractivity contribution in [2.45, 2.75) is 6.54 Å². The maximum atomic E-state index is 11.6. The molecule has 1 heterocycles. The second kappa shape index (κ2) is 6.93. The number of nitrogens with one attached hydrogen (secondary N) is 1. The number of nitrogens with zero attached hydrogens (tertiary/aromatic N) is 4. The van der Waals surface area contributed by atoms with Crippen molar-refractivity contribution < 1.29 is 19.5 Å². The van der Waals surface area contributed by atoms with E-state index in [0.29, 0.717) is 6.54 Å². The minimum atomic E-state index is -1.23. The summed E-state index contributed by atoms with van der Waals surface area (Å²) >= 11 is 0. The molecule has 0 aliphatic rings. The van der Waals surface area contributed by atoms with Crippen LogP contribution in [-0.4, -0.2) is 62.5 Å². The highest BCUT2D eigenvalue weighted by Crippen LogP contribution is 1.90. The van der Waals surface area contributed by atoms with E-state index in [2.05, 4.69) is 15.6 Å². The van der Waals surface area contributed by atoms with Crippen LogP contribution in [0.3, 0.4) is 0 Å². The Hall–Kier alpha value is -2.65. The summed E-state index contributed by atoms with van der Waals surface area (Å²) in [5, 5.41) is 18.4. The lowest BCUT2D eigenvalue weighted by atomic mass is 10.4. The number of primary amides is 1. The molecule has 0 aliphatic carbocycles. The molecule has 0 fully saturated rings. The van der Waals surface area contributed by atoms with Gasteiger partial charge in [-0.3, -0.25) is 14.3 Å². The van der Waals surface area contributed by atoms with Crippen LogP contribution in [0.25, 0.3) is 0 Å². The van der Waals surface area contributed by atoms with Gasteiger partial charge in [-0.2, -0.15) is 0 Å². The fourth-order valence-electron chi connectivity index (χ4n) is 1.29. The number of hydrogen-bond donors (Lipinski definition) is 3. The van der Waals surface area contributed by atoms with E-state index in [-0.39, 0.29) is 6.54 Å². The third kappa shape index (κ3) is 5.48. The molecule has 3 amide bonds. The summed E-state index contributed by atoms with van der Waals surface area (Å²) in [5.74, 6) is -2.01. The van der Waals surface area contributed by atoms with E-state index in [4.69, 9.17) is 10.8 Å². The van der Waals surface area contributed by atoms with Crippen LogP contribution in [0.5, 0.6) is 0 Å². The summed E-state index contributed by atoms with van der Waals surface area (Å²) in [6, 6.07) is -0.679. The number of carbonyl (C=O) groups is 3. The summed E-state index contributed by atoms with van der Waals surface area (Å²) in [5.41, 5.74) is 4.94. The highest BCUT2D eigenvalue weighted by Gasteiger charge is 2.18. The average Bonchev–Trinajstić information content (AvgIpc) is 2.79. The highest BCUT2D eigenvalue weighted by atomic mass is 16.4. The molecular formula is C9H14N6O4. The first kappa shape index (κ1) is 14.4. The van der Waals surface area contributed by atoms with Gasteiger partial charge in [0, 0.05) is 12.7 Å². The van der Waals surface area contributed by atoms with Crippen LogP contribution in [0.1, 0.15) is 0 Å². The van der Waals surface area contributed by atoms with Crippen molar-refractivity contribution in [1.82, 2.24) is 25.2 Å². The Bertz CT molecular complexity index is 430. The number of amides is 3. The van der Waals surface area contributed by atoms with E-state index < -0.39 is 31.0 Å². The van der Waals surface area contributed by atoms with Crippen LogP contribution < -0.4 is 11.1 Å². The lowest BCUT2D eigenvalue weighted by Crippen LogP contribution is -2.47. The molecule has 4 N–H and O–H groups in total. The molecule has 19 heavy (non-hydrogen) atoms. The number of rotatable bonds is 7. The van der Waals surface area contributed by atoms with Crippen molar-refractivity contribution in [3.05, 3.63) is 12.4 Å². The van der Waals surface area contributed by atoms with Crippen molar-refractivity contribution in [1.29, 1.82) is 0 Å². The Kier molecular flexibility index (Phi) is 5.26. The van der Waals surface area contributed by atoms with Gasteiger partial charge in [0.1, 0.15) is 13.1 Å². The van der Waals surface area contributed by atoms with Gasteiger partial charge in [-0.05, 0) is 0 Å². The molecule has 10 nitrogen and oxygen atoms in total. The largest absolute Gasteiger partial charge is 0.480 e. The summed E-state index contributed by atoms with van der Waals surface area (Å²) in [7, 11) is 0. The third-order valence-corrected chi connectivity index (χ3v) is 2.05. The van der Waals surface area contributed by atoms with Gasteiger partial charge in [0.25, 0.3) is 0 Å². The molecular weight excluding hydrogens is 256 g/mol. The van der Waals surface area contributed by atoms with Crippen LogP contribution in [0.15, 0.2) is 12.4 Å². The summed E-state index contributed by atoms with van der Waals surface area (Å²) in [4.78, 5) is 33.8. The molecule has 1 aromatic rings. The zero-order valence-corrected chi connectivity index (χ0v) is 10.0. The lowest BCUT2D eigenvalue weighted by molar-refractivity contribution is -0.137. The Balaban J connectivity index is 2.42. The summed E-state index contributed by atoms with van der Waals surface area (Å²) in [6.07, 6.45) is 3.11. The van der Waals surface area contributed by atoms with Gasteiger partial charge in [0.05, 0.1) is 12.7 Å². The van der Waals surface area contributed by atoms with E-state index in [0.717, 1.165) is 4.90 Å². The van der Waals surface area contributed by atoms with Crippen molar-refractivity contribution in [2.24, 2.45) is 5.73 Å². The number of carboxylic acid groups (broad SMARTS) is 1. The van der Waals surface area contributed by atoms with Gasteiger partial charge in [-0.15, -0.1) is 5.10 Å². The first-order valence-electron chi connectivity index (χ1n) is 5.36. The standard InChI is InChI=1S/C9H14N6O4/c10-7(16)5-14(6-8(17)18)9(19)11-1-3-15-4-2-12-13-15/h2,4H,1,3,5-6H2,(H2,10,16)(H,11,19)(H,17,18). The SMILES string of the molecule is NC(=O)CN(CC(=O)O)C(=O)NCCn1ccnn1. The number of nitrogens with two attached hydrogens (primary N) is 1. The quantitative estimate of drug-likeness (QED) is 0.515. The highest BCUT2D eigenvalue weighted by molar-refractivity contribution is 5.85. The fourth-order valence-corrected chi connectivity index (χ4v) is 1.29. The Morgan fingerprint density at radius 1 is 1.37 bits per heavy atom. The molecule has 10 heteroatoms. The lowest BCUT2D eigenvalue weighted by Gasteiger charge is -2.19. The van der Waals surface area contributed by atoms with E-state index in [1.807, 2.05) is 0 Å². The van der Waals surface area contributed by atoms with Crippen LogP contribution in [0.2, 0.25) is 0 Å². The number of hydrogen-bond acceptors (Lipinski definition) is 5. The molecule has 0 unspecified atom stereocenters. The molecule has 0 radical (unpaired) electrons. The van der Waals surface area contributed by atoms with Gasteiger partial charge in [0.15, 0.2) is 0 Å². The monoisotopic (exact) mass is 270 g/mol. The maximum absolute atomic E-state index is 11.6. The van der Waals surface area contributed by atoms with E-state index in [1.165, 1.54) is 10.9 Å². The number of carbonyl (C=O) groups excluding carboxylic acids is 2. The second-order valence-corrected chi connectivity index (χ2v) is 3.61. The van der Waals surface area contributed by atoms with Crippen molar-refractivity contribution in [2.75, 3.05) is 19.6 Å². The number of carboxylic acids is 1. The zero-order chi connectivity index (χ0) is 14.3. The number of aliphatic carboxylic acids is 1. The second-order valence-electron chi connectivity index (χ2n) is 3.61. The van der Waals surface area contributed by atoms with Crippen LogP contribution in [0.4, 0.5) is 4.79 Å². The van der Waals surface area contributed by atoms with Gasteiger partial charge >= 0.3 is 12.0 Å². The van der Waals surface area contributed by atoms with E-state index in [9.17, 15) is 14.4 Å². The third-order valence-electron chi connectivity index (χ3n) is 2.05. The molecule has 0 saturated heterocycles. The van der Waals surface area contributed by atoms with Crippen LogP contribution in [-0.2, 0) is 16.1 Å². The summed E-state index contributed by atoms with van der Waals surface area (Å²) < 4.78 is 1.50. The van der Waals surface area contributed by atoms with Crippen molar-refractivity contribution >= 4 is 17.9 Å². The van der Waals surface area contributed by atoms with Crippen molar-refractivity contribution in [3.8, 4) is 0 Å². The Labute approximate surface area is 108 Å². The minimum absolute atomic E-state index is 0.219. The van der Waals surface area contributed by atoms with E-state index in [1.54, 1.807) is 6.20 Å². The Morgan fingerprint density at radius 2 is 2.11 bits per heavy atom. The smallest absolute Gasteiger partial charge is 0.323 e. The van der Waals surface area contributed by atoms with Gasteiger partial charge in [-0.1, -0.05) is 5.21 Å². The molecule has 0 bridgehead atoms. The van der Waals surface area contributed by atoms with Crippen molar-refractivity contribution in [3.63, 3.8) is 0 Å². The maximum Gasteiger partial charge on any atom is 0.323 e. The molecule has 0 aromatic carbocycles. The predicted octanol–water partition coefficient (Wildman–Crippen LogP) is -2.14. The molecule has 1 aromatic heterocycles. The zero-order valence-electron chi connectivity index (χ0n) is 10.0. The normalized spacial score (nSPS) is 9.89. The fraction of sp³-hybridized carbons (Fsp3) is 0.444. The molecule has 0 atom stereocenters. The first-order chi connectivity index (χ1) is 8.99. The van der Waals surface area contributed by atoms with Gasteiger partial charge < -0.3 is 21.1 Å². The molecule has 1 rings (SSSR count). The predicted molar refractivity (Wildman–Crippen MR) is 61.8 cm³/mol. The van der Waals surface area contributed by atoms with Crippen LogP contribution >= 0.6 is 0 Å².